The summed E-state index contributed by atoms with van der Waals surface area (Å²) in [7, 11) is 0. The number of nitriles is 1. The highest BCUT2D eigenvalue weighted by Crippen LogP contribution is 2.41. The van der Waals surface area contributed by atoms with Crippen LogP contribution in [0.25, 0.3) is 5.76 Å². The zero-order chi connectivity index (χ0) is 18.6. The number of likely N-dealkylation sites (N-methyl/N-ethyl adjacent to an activating group) is 1. The first kappa shape index (κ1) is 18.7. The summed E-state index contributed by atoms with van der Waals surface area (Å²) in [5, 5.41) is 48.7. The molecular formula is C14H14FN3O6. The average molecular weight is 339 g/mol. The Balaban J connectivity index is 3.66. The first-order valence-corrected chi connectivity index (χ1v) is 6.72. The molecule has 0 radical (unpaired) electrons. The molecule has 0 fully saturated rings. The van der Waals surface area contributed by atoms with E-state index in [-0.39, 0.29) is 13.1 Å². The second-order valence-electron chi connectivity index (χ2n) is 4.52. The summed E-state index contributed by atoms with van der Waals surface area (Å²) in [6.45, 7) is 3.64. The average Bonchev–Trinajstić information content (AvgIpc) is 2.54. The summed E-state index contributed by atoms with van der Waals surface area (Å²) >= 11 is 0. The minimum atomic E-state index is -1.60. The maximum atomic E-state index is 14.0. The number of nitrogens with zero attached hydrogens (tertiary/aromatic N) is 3. The molecule has 0 saturated heterocycles. The van der Waals surface area contributed by atoms with Gasteiger partial charge >= 0.3 is 5.69 Å². The number of hydrogen-bond acceptors (Lipinski definition) is 7. The number of phenols is 2. The topological polar surface area (TPSA) is 148 Å². The van der Waals surface area contributed by atoms with Gasteiger partial charge in [0.2, 0.25) is 11.5 Å². The summed E-state index contributed by atoms with van der Waals surface area (Å²) in [5.41, 5.74) is -2.89. The van der Waals surface area contributed by atoms with Crippen molar-refractivity contribution >= 4 is 17.4 Å². The number of aliphatic hydroxyl groups is 1. The van der Waals surface area contributed by atoms with Gasteiger partial charge in [0.05, 0.1) is 10.5 Å². The van der Waals surface area contributed by atoms with Crippen molar-refractivity contribution in [3.8, 4) is 17.6 Å². The summed E-state index contributed by atoms with van der Waals surface area (Å²) < 4.78 is 14.0. The van der Waals surface area contributed by atoms with Crippen molar-refractivity contribution in [2.24, 2.45) is 0 Å². The number of hydrogen-bond donors (Lipinski definition) is 3. The number of carbonyl (C=O) groups is 1. The van der Waals surface area contributed by atoms with Gasteiger partial charge in [-0.1, -0.05) is 0 Å². The Hall–Kier alpha value is -3.35. The Morgan fingerprint density at radius 2 is 1.92 bits per heavy atom. The van der Waals surface area contributed by atoms with Crippen LogP contribution in [0.1, 0.15) is 19.4 Å². The van der Waals surface area contributed by atoms with Crippen molar-refractivity contribution in [3.63, 3.8) is 0 Å². The molecule has 0 atom stereocenters. The quantitative estimate of drug-likeness (QED) is 0.185. The molecule has 0 aromatic heterocycles. The van der Waals surface area contributed by atoms with Crippen molar-refractivity contribution in [2.45, 2.75) is 13.8 Å². The van der Waals surface area contributed by atoms with Gasteiger partial charge in [-0.15, -0.1) is 0 Å². The predicted octanol–water partition coefficient (Wildman–Crippen LogP) is 1.81. The third-order valence-electron chi connectivity index (χ3n) is 3.26. The van der Waals surface area contributed by atoms with Gasteiger partial charge in [0.1, 0.15) is 11.8 Å². The number of amides is 1. The van der Waals surface area contributed by atoms with Gasteiger partial charge in [-0.25, -0.2) is 4.39 Å². The standard InChI is InChI=1S/C14H14FN3O6/c1-3-17(4-2)14(22)8(6-16)11(19)7-5-9(18(23)24)12(20)13(21)10(7)15/h5,19-21H,3-4H2,1-2H3/b11-8-. The molecule has 1 aromatic carbocycles. The molecular weight excluding hydrogens is 325 g/mol. The van der Waals surface area contributed by atoms with Crippen LogP contribution in [-0.2, 0) is 4.79 Å². The second kappa shape index (κ2) is 7.28. The molecule has 0 aliphatic rings. The number of aliphatic hydroxyl groups excluding tert-OH is 1. The fraction of sp³-hybridized carbons (Fsp3) is 0.286. The second-order valence-corrected chi connectivity index (χ2v) is 4.52. The maximum absolute atomic E-state index is 14.0. The van der Waals surface area contributed by atoms with Crippen LogP contribution in [0.2, 0.25) is 0 Å². The first-order chi connectivity index (χ1) is 11.2. The lowest BCUT2D eigenvalue weighted by Crippen LogP contribution is -2.32. The molecule has 10 heteroatoms. The van der Waals surface area contributed by atoms with Gasteiger partial charge in [-0.3, -0.25) is 14.9 Å². The maximum Gasteiger partial charge on any atom is 0.315 e. The number of phenolic OH excluding ortho intramolecular Hbond substituents is 2. The van der Waals surface area contributed by atoms with E-state index in [0.717, 1.165) is 0 Å². The lowest BCUT2D eigenvalue weighted by atomic mass is 10.1. The SMILES string of the molecule is CCN(CC)C(=O)/C(C#N)=C(\O)c1cc([N+](=O)[O-])c(O)c(O)c1F. The summed E-state index contributed by atoms with van der Waals surface area (Å²) in [6.07, 6.45) is 0. The van der Waals surface area contributed by atoms with E-state index >= 15 is 0 Å². The Morgan fingerprint density at radius 1 is 1.38 bits per heavy atom. The highest BCUT2D eigenvalue weighted by Gasteiger charge is 2.29. The summed E-state index contributed by atoms with van der Waals surface area (Å²) in [4.78, 5) is 23.0. The molecule has 1 aromatic rings. The Morgan fingerprint density at radius 3 is 2.33 bits per heavy atom. The van der Waals surface area contributed by atoms with Crippen molar-refractivity contribution < 1.29 is 29.4 Å². The number of halogens is 1. The van der Waals surface area contributed by atoms with Crippen molar-refractivity contribution in [1.82, 2.24) is 4.90 Å². The van der Waals surface area contributed by atoms with Gasteiger partial charge in [0, 0.05) is 19.2 Å². The largest absolute Gasteiger partial charge is 0.506 e. The minimum absolute atomic E-state index is 0.206. The number of nitro benzene ring substituents is 1. The lowest BCUT2D eigenvalue weighted by molar-refractivity contribution is -0.386. The van der Waals surface area contributed by atoms with E-state index in [1.165, 1.54) is 11.0 Å². The van der Waals surface area contributed by atoms with Gasteiger partial charge < -0.3 is 20.2 Å². The van der Waals surface area contributed by atoms with Gasteiger partial charge in [-0.2, -0.15) is 5.26 Å². The van der Waals surface area contributed by atoms with Crippen molar-refractivity contribution in [1.29, 1.82) is 5.26 Å². The molecule has 0 spiro atoms. The van der Waals surface area contributed by atoms with Crippen LogP contribution in [0.3, 0.4) is 0 Å². The van der Waals surface area contributed by atoms with Crippen LogP contribution < -0.4 is 0 Å². The molecule has 128 valence electrons. The van der Waals surface area contributed by atoms with E-state index in [4.69, 9.17) is 5.26 Å². The van der Waals surface area contributed by atoms with Crippen LogP contribution in [0.4, 0.5) is 10.1 Å². The predicted molar refractivity (Wildman–Crippen MR) is 79.5 cm³/mol. The minimum Gasteiger partial charge on any atom is -0.506 e. The highest BCUT2D eigenvalue weighted by atomic mass is 19.1. The monoisotopic (exact) mass is 339 g/mol. The van der Waals surface area contributed by atoms with Gasteiger partial charge in [0.15, 0.2) is 11.4 Å². The normalized spacial score (nSPS) is 11.4. The van der Waals surface area contributed by atoms with Crippen molar-refractivity contribution in [3.05, 3.63) is 33.1 Å². The van der Waals surface area contributed by atoms with Crippen LogP contribution in [0, 0.1) is 27.3 Å². The van der Waals surface area contributed by atoms with E-state index in [9.17, 15) is 34.6 Å². The third-order valence-corrected chi connectivity index (χ3v) is 3.26. The molecule has 3 N–H and O–H groups in total. The first-order valence-electron chi connectivity index (χ1n) is 6.72. The number of benzene rings is 1. The zero-order valence-corrected chi connectivity index (χ0v) is 12.8. The fourth-order valence-electron chi connectivity index (χ4n) is 1.94. The van der Waals surface area contributed by atoms with Crippen LogP contribution >= 0.6 is 0 Å². The number of carbonyl (C=O) groups excluding carboxylic acids is 1. The van der Waals surface area contributed by atoms with Crippen LogP contribution in [-0.4, -0.2) is 44.1 Å². The smallest absolute Gasteiger partial charge is 0.315 e. The molecule has 0 aliphatic carbocycles. The molecule has 0 heterocycles. The number of aromatic hydroxyl groups is 2. The van der Waals surface area contributed by atoms with E-state index in [1.807, 2.05) is 0 Å². The van der Waals surface area contributed by atoms with Gasteiger partial charge in [-0.05, 0) is 13.8 Å². The van der Waals surface area contributed by atoms with Crippen LogP contribution in [0.5, 0.6) is 11.5 Å². The number of rotatable bonds is 5. The summed E-state index contributed by atoms with van der Waals surface area (Å²) in [6, 6.07) is 1.84. The summed E-state index contributed by atoms with van der Waals surface area (Å²) in [5.74, 6) is -6.49. The molecule has 0 unspecified atom stereocenters. The lowest BCUT2D eigenvalue weighted by Gasteiger charge is -2.18. The van der Waals surface area contributed by atoms with Gasteiger partial charge in [0.25, 0.3) is 5.91 Å². The molecule has 0 bridgehead atoms. The Bertz CT molecular complexity index is 765. The molecule has 0 aliphatic heterocycles. The molecule has 24 heavy (non-hydrogen) atoms. The molecule has 1 amide bonds. The Kier molecular flexibility index (Phi) is 5.67. The third kappa shape index (κ3) is 3.19. The van der Waals surface area contributed by atoms with E-state index < -0.39 is 50.7 Å². The highest BCUT2D eigenvalue weighted by molar-refractivity contribution is 6.03. The van der Waals surface area contributed by atoms with E-state index in [1.54, 1.807) is 13.8 Å². The molecule has 1 rings (SSSR count). The fourth-order valence-corrected chi connectivity index (χ4v) is 1.94. The van der Waals surface area contributed by atoms with Crippen LogP contribution in [0.15, 0.2) is 11.6 Å². The molecule has 9 nitrogen and oxygen atoms in total. The Labute approximate surface area is 135 Å². The number of nitro groups is 1. The van der Waals surface area contributed by atoms with E-state index in [2.05, 4.69) is 0 Å². The zero-order valence-electron chi connectivity index (χ0n) is 12.8. The van der Waals surface area contributed by atoms with E-state index in [0.29, 0.717) is 6.07 Å². The molecule has 0 saturated carbocycles. The van der Waals surface area contributed by atoms with Crippen molar-refractivity contribution in [2.75, 3.05) is 13.1 Å².